The van der Waals surface area contributed by atoms with Gasteiger partial charge in [-0.3, -0.25) is 13.9 Å². The van der Waals surface area contributed by atoms with Crippen LogP contribution in [0.4, 0.5) is 5.69 Å². The molecule has 0 unspecified atom stereocenters. The Kier molecular flexibility index (Phi) is 10.2. The summed E-state index contributed by atoms with van der Waals surface area (Å²) in [6.45, 7) is 3.61. The van der Waals surface area contributed by atoms with Crippen LogP contribution in [0.5, 0.6) is 5.75 Å². The Morgan fingerprint density at radius 1 is 0.947 bits per heavy atom. The summed E-state index contributed by atoms with van der Waals surface area (Å²) >= 11 is 6.03. The van der Waals surface area contributed by atoms with E-state index in [1.54, 1.807) is 73.7 Å². The molecule has 3 aromatic carbocycles. The molecule has 1 N–H and O–H groups in total. The fourth-order valence-electron chi connectivity index (χ4n) is 3.99. The third-order valence-electron chi connectivity index (χ3n) is 5.97. The molecule has 38 heavy (non-hydrogen) atoms. The van der Waals surface area contributed by atoms with Crippen LogP contribution in [0, 0.1) is 0 Å². The van der Waals surface area contributed by atoms with Crippen molar-refractivity contribution in [3.63, 3.8) is 0 Å². The lowest BCUT2D eigenvalue weighted by molar-refractivity contribution is -0.140. The molecule has 0 saturated heterocycles. The standard InChI is InChI=1S/C28H32ClN3O5S/c1-4-26(28(34)30-5-2)31(19-21-11-13-22(29)14-12-21)27(33)20-32(23-15-17-24(37-3)18-16-23)38(35,36)25-9-7-6-8-10-25/h6-18,26H,4-5,19-20H2,1-3H3,(H,30,34)/t26-/m1/s1. The lowest BCUT2D eigenvalue weighted by Crippen LogP contribution is -2.52. The quantitative estimate of drug-likeness (QED) is 0.354. The van der Waals surface area contributed by atoms with Crippen molar-refractivity contribution >= 4 is 39.1 Å². The molecule has 1 atom stereocenters. The number of anilines is 1. The summed E-state index contributed by atoms with van der Waals surface area (Å²) < 4.78 is 33.8. The summed E-state index contributed by atoms with van der Waals surface area (Å²) in [7, 11) is -2.60. The zero-order chi connectivity index (χ0) is 27.7. The van der Waals surface area contributed by atoms with Gasteiger partial charge < -0.3 is 15.0 Å². The molecule has 10 heteroatoms. The fraction of sp³-hybridized carbons (Fsp3) is 0.286. The van der Waals surface area contributed by atoms with Crippen molar-refractivity contribution in [2.24, 2.45) is 0 Å². The van der Waals surface area contributed by atoms with Crippen LogP contribution >= 0.6 is 11.6 Å². The van der Waals surface area contributed by atoms with Gasteiger partial charge in [0.1, 0.15) is 18.3 Å². The lowest BCUT2D eigenvalue weighted by Gasteiger charge is -2.33. The third kappa shape index (κ3) is 7.05. The summed E-state index contributed by atoms with van der Waals surface area (Å²) in [6, 6.07) is 20.5. The molecule has 0 bridgehead atoms. The second kappa shape index (κ2) is 13.3. The molecule has 0 aliphatic carbocycles. The average molecular weight is 558 g/mol. The Labute approximate surface area is 229 Å². The minimum atomic E-state index is -4.12. The van der Waals surface area contributed by atoms with Crippen molar-refractivity contribution < 1.29 is 22.7 Å². The van der Waals surface area contributed by atoms with E-state index in [1.165, 1.54) is 24.1 Å². The predicted molar refractivity (Wildman–Crippen MR) is 149 cm³/mol. The van der Waals surface area contributed by atoms with Crippen molar-refractivity contribution in [1.29, 1.82) is 0 Å². The van der Waals surface area contributed by atoms with E-state index < -0.39 is 28.5 Å². The zero-order valence-electron chi connectivity index (χ0n) is 21.6. The topological polar surface area (TPSA) is 96.0 Å². The van der Waals surface area contributed by atoms with Gasteiger partial charge in [-0.25, -0.2) is 8.42 Å². The Bertz CT molecular complexity index is 1320. The van der Waals surface area contributed by atoms with Crippen LogP contribution in [0.15, 0.2) is 83.8 Å². The highest BCUT2D eigenvalue weighted by atomic mass is 35.5. The van der Waals surface area contributed by atoms with Crippen LogP contribution in [0.25, 0.3) is 0 Å². The molecule has 0 aliphatic heterocycles. The van der Waals surface area contributed by atoms with E-state index in [2.05, 4.69) is 5.32 Å². The van der Waals surface area contributed by atoms with Crippen LogP contribution < -0.4 is 14.4 Å². The molecule has 2 amide bonds. The van der Waals surface area contributed by atoms with Crippen molar-refractivity contribution in [3.8, 4) is 5.75 Å². The van der Waals surface area contributed by atoms with Crippen LogP contribution in [-0.2, 0) is 26.2 Å². The second-order valence-electron chi connectivity index (χ2n) is 8.49. The number of ether oxygens (including phenoxy) is 1. The van der Waals surface area contributed by atoms with Gasteiger partial charge in [-0.15, -0.1) is 0 Å². The molecule has 0 aromatic heterocycles. The fourth-order valence-corrected chi connectivity index (χ4v) is 5.56. The second-order valence-corrected chi connectivity index (χ2v) is 10.8. The minimum Gasteiger partial charge on any atom is -0.497 e. The molecule has 0 aliphatic rings. The minimum absolute atomic E-state index is 0.0450. The molecule has 0 spiro atoms. The summed E-state index contributed by atoms with van der Waals surface area (Å²) in [5.74, 6) is -0.281. The number of likely N-dealkylation sites (N-methyl/N-ethyl adjacent to an activating group) is 1. The molecule has 0 saturated carbocycles. The number of benzene rings is 3. The Morgan fingerprint density at radius 3 is 2.13 bits per heavy atom. The van der Waals surface area contributed by atoms with Crippen molar-refractivity contribution in [2.45, 2.75) is 37.8 Å². The zero-order valence-corrected chi connectivity index (χ0v) is 23.2. The molecule has 3 aromatic rings. The number of nitrogens with zero attached hydrogens (tertiary/aromatic N) is 2. The number of nitrogens with one attached hydrogen (secondary N) is 1. The molecule has 0 heterocycles. The summed E-state index contributed by atoms with van der Waals surface area (Å²) in [5, 5.41) is 3.32. The highest BCUT2D eigenvalue weighted by molar-refractivity contribution is 7.92. The van der Waals surface area contributed by atoms with Gasteiger partial charge in [0, 0.05) is 18.1 Å². The van der Waals surface area contributed by atoms with E-state index >= 15 is 0 Å². The molecule has 8 nitrogen and oxygen atoms in total. The van der Waals surface area contributed by atoms with Crippen LogP contribution in [0.1, 0.15) is 25.8 Å². The first-order valence-corrected chi connectivity index (χ1v) is 14.1. The van der Waals surface area contributed by atoms with Gasteiger partial charge >= 0.3 is 0 Å². The van der Waals surface area contributed by atoms with E-state index in [-0.39, 0.29) is 17.3 Å². The van der Waals surface area contributed by atoms with E-state index in [1.807, 2.05) is 6.92 Å². The number of hydrogen-bond donors (Lipinski definition) is 1. The predicted octanol–water partition coefficient (Wildman–Crippen LogP) is 4.49. The van der Waals surface area contributed by atoms with Gasteiger partial charge in [0.05, 0.1) is 17.7 Å². The first-order chi connectivity index (χ1) is 18.2. The molecule has 3 rings (SSSR count). The SMILES string of the molecule is CCNC(=O)[C@@H](CC)N(Cc1ccc(Cl)cc1)C(=O)CN(c1ccc(OC)cc1)S(=O)(=O)c1ccccc1. The van der Waals surface area contributed by atoms with Crippen molar-refractivity contribution in [1.82, 2.24) is 10.2 Å². The first-order valence-electron chi connectivity index (χ1n) is 12.2. The van der Waals surface area contributed by atoms with Gasteiger partial charge in [-0.2, -0.15) is 0 Å². The first kappa shape index (κ1) is 29.0. The maximum Gasteiger partial charge on any atom is 0.264 e. The number of hydrogen-bond acceptors (Lipinski definition) is 5. The van der Waals surface area contributed by atoms with E-state index in [0.29, 0.717) is 29.4 Å². The number of halogens is 1. The number of sulfonamides is 1. The highest BCUT2D eigenvalue weighted by Gasteiger charge is 2.33. The number of amides is 2. The van der Waals surface area contributed by atoms with Gasteiger partial charge in [0.2, 0.25) is 11.8 Å². The molecule has 0 fully saturated rings. The number of rotatable bonds is 12. The molecular formula is C28H32ClN3O5S. The Morgan fingerprint density at radius 2 is 1.58 bits per heavy atom. The van der Waals surface area contributed by atoms with Crippen LogP contribution in [-0.4, -0.2) is 51.4 Å². The number of carbonyl (C=O) groups is 2. The highest BCUT2D eigenvalue weighted by Crippen LogP contribution is 2.26. The summed E-state index contributed by atoms with van der Waals surface area (Å²) in [6.07, 6.45) is 0.346. The monoisotopic (exact) mass is 557 g/mol. The lowest BCUT2D eigenvalue weighted by atomic mass is 10.1. The molecule has 0 radical (unpaired) electrons. The van der Waals surface area contributed by atoms with Crippen molar-refractivity contribution in [2.75, 3.05) is 24.5 Å². The molecule has 202 valence electrons. The van der Waals surface area contributed by atoms with Gasteiger partial charge in [0.15, 0.2) is 0 Å². The van der Waals surface area contributed by atoms with E-state index in [4.69, 9.17) is 16.3 Å². The van der Waals surface area contributed by atoms with Crippen molar-refractivity contribution in [3.05, 3.63) is 89.4 Å². The van der Waals surface area contributed by atoms with E-state index in [9.17, 15) is 18.0 Å². The Balaban J connectivity index is 2.04. The van der Waals surface area contributed by atoms with Gasteiger partial charge in [-0.1, -0.05) is 48.9 Å². The third-order valence-corrected chi connectivity index (χ3v) is 8.01. The largest absolute Gasteiger partial charge is 0.497 e. The maximum absolute atomic E-state index is 13.9. The average Bonchev–Trinajstić information content (AvgIpc) is 2.93. The maximum atomic E-state index is 13.9. The van der Waals surface area contributed by atoms with Crippen LogP contribution in [0.2, 0.25) is 5.02 Å². The summed E-state index contributed by atoms with van der Waals surface area (Å²) in [4.78, 5) is 28.3. The van der Waals surface area contributed by atoms with Gasteiger partial charge in [0.25, 0.3) is 10.0 Å². The Hall–Kier alpha value is -3.56. The number of carbonyl (C=O) groups excluding carboxylic acids is 2. The number of methoxy groups -OCH3 is 1. The smallest absolute Gasteiger partial charge is 0.264 e. The van der Waals surface area contributed by atoms with E-state index in [0.717, 1.165) is 9.87 Å². The van der Waals surface area contributed by atoms with Crippen LogP contribution in [0.3, 0.4) is 0 Å². The van der Waals surface area contributed by atoms with Gasteiger partial charge in [-0.05, 0) is 67.4 Å². The summed E-state index contributed by atoms with van der Waals surface area (Å²) in [5.41, 5.74) is 1.05. The normalized spacial score (nSPS) is 11.9. The molecular weight excluding hydrogens is 526 g/mol.